The number of rotatable bonds is 4. The van der Waals surface area contributed by atoms with Crippen LogP contribution < -0.4 is 16.2 Å². The number of carbonyl (C=O) groups excluding carboxylic acids is 1. The molecule has 0 fully saturated rings. The maximum atomic E-state index is 12.6. The number of benzene rings is 3. The van der Waals surface area contributed by atoms with Crippen LogP contribution in [0.1, 0.15) is 12.0 Å². The zero-order valence-corrected chi connectivity index (χ0v) is 18.1. The van der Waals surface area contributed by atoms with Gasteiger partial charge in [0, 0.05) is 29.6 Å². The molecule has 1 amide bonds. The second kappa shape index (κ2) is 8.00. The molecular formula is C26H20N6O2. The minimum atomic E-state index is -0.181. The zero-order valence-electron chi connectivity index (χ0n) is 18.1. The van der Waals surface area contributed by atoms with E-state index < -0.39 is 0 Å². The van der Waals surface area contributed by atoms with Crippen molar-refractivity contribution in [3.05, 3.63) is 94.9 Å². The average Bonchev–Trinajstić information content (AvgIpc) is 3.21. The van der Waals surface area contributed by atoms with Crippen molar-refractivity contribution in [1.29, 1.82) is 0 Å². The van der Waals surface area contributed by atoms with E-state index in [1.807, 2.05) is 66.7 Å². The summed E-state index contributed by atoms with van der Waals surface area (Å²) in [6.07, 6.45) is 2.91. The number of para-hydroxylation sites is 1. The summed E-state index contributed by atoms with van der Waals surface area (Å²) in [7, 11) is 0. The highest BCUT2D eigenvalue weighted by Gasteiger charge is 2.17. The molecule has 2 aromatic heterocycles. The standard InChI is InChI=1S/C26H20N6O2/c33-23-13-10-17-14-18(11-12-21(17)29-23)28-26-27-15-20(16-6-2-1-3-7-16)24(30-26)32-22-9-5-4-8-19(22)25(34)31-32/h1-9,11-12,14-15H,10,13H2,(H,29,33)(H,31,34)(H,27,28,30). The number of hydrogen-bond acceptors (Lipinski definition) is 5. The van der Waals surface area contributed by atoms with Gasteiger partial charge in [0.2, 0.25) is 11.9 Å². The number of aromatic nitrogens is 4. The van der Waals surface area contributed by atoms with Crippen molar-refractivity contribution >= 4 is 34.1 Å². The van der Waals surface area contributed by atoms with Gasteiger partial charge < -0.3 is 10.6 Å². The van der Waals surface area contributed by atoms with Gasteiger partial charge in [0.15, 0.2) is 5.82 Å². The number of anilines is 3. The van der Waals surface area contributed by atoms with Gasteiger partial charge >= 0.3 is 0 Å². The quantitative estimate of drug-likeness (QED) is 0.378. The molecule has 1 aliphatic rings. The molecule has 0 saturated carbocycles. The minimum absolute atomic E-state index is 0.0330. The molecule has 0 spiro atoms. The first-order valence-corrected chi connectivity index (χ1v) is 11.0. The number of H-pyrrole nitrogens is 1. The molecule has 8 nitrogen and oxygen atoms in total. The van der Waals surface area contributed by atoms with Gasteiger partial charge in [-0.25, -0.2) is 9.67 Å². The van der Waals surface area contributed by atoms with Gasteiger partial charge in [0.05, 0.1) is 10.9 Å². The normalized spacial score (nSPS) is 12.9. The van der Waals surface area contributed by atoms with Gasteiger partial charge in [-0.2, -0.15) is 4.98 Å². The van der Waals surface area contributed by atoms with Crippen molar-refractivity contribution < 1.29 is 4.79 Å². The lowest BCUT2D eigenvalue weighted by Crippen LogP contribution is -2.18. The molecule has 34 heavy (non-hydrogen) atoms. The molecule has 166 valence electrons. The van der Waals surface area contributed by atoms with Crippen molar-refractivity contribution in [2.75, 3.05) is 10.6 Å². The van der Waals surface area contributed by atoms with Crippen molar-refractivity contribution in [3.63, 3.8) is 0 Å². The molecule has 0 bridgehead atoms. The van der Waals surface area contributed by atoms with E-state index in [0.29, 0.717) is 30.0 Å². The maximum Gasteiger partial charge on any atom is 0.272 e. The Morgan fingerprint density at radius 3 is 2.62 bits per heavy atom. The molecule has 0 unspecified atom stereocenters. The van der Waals surface area contributed by atoms with E-state index in [-0.39, 0.29) is 11.5 Å². The van der Waals surface area contributed by atoms with Crippen LogP contribution in [0.3, 0.4) is 0 Å². The lowest BCUT2D eigenvalue weighted by Gasteiger charge is -2.18. The van der Waals surface area contributed by atoms with Gasteiger partial charge in [-0.1, -0.05) is 42.5 Å². The molecule has 3 heterocycles. The Hall–Kier alpha value is -4.72. The van der Waals surface area contributed by atoms with Crippen LogP contribution in [-0.4, -0.2) is 25.7 Å². The average molecular weight is 448 g/mol. The SMILES string of the molecule is O=C1CCc2cc(Nc3ncc(-c4ccccc4)c(-n4[nH]c(=O)c5ccccc54)n3)ccc2N1. The Kier molecular flexibility index (Phi) is 4.69. The van der Waals surface area contributed by atoms with E-state index in [2.05, 4.69) is 20.7 Å². The fraction of sp³-hybridized carbons (Fsp3) is 0.0769. The largest absolute Gasteiger partial charge is 0.326 e. The summed E-state index contributed by atoms with van der Waals surface area (Å²) in [5, 5.41) is 9.67. The van der Waals surface area contributed by atoms with Crippen molar-refractivity contribution in [1.82, 2.24) is 19.7 Å². The van der Waals surface area contributed by atoms with Crippen molar-refractivity contribution in [3.8, 4) is 16.9 Å². The molecular weight excluding hydrogens is 428 g/mol. The summed E-state index contributed by atoms with van der Waals surface area (Å²) < 4.78 is 1.70. The monoisotopic (exact) mass is 448 g/mol. The Morgan fingerprint density at radius 1 is 0.912 bits per heavy atom. The lowest BCUT2D eigenvalue weighted by molar-refractivity contribution is -0.116. The lowest BCUT2D eigenvalue weighted by atomic mass is 10.0. The van der Waals surface area contributed by atoms with E-state index in [1.54, 1.807) is 16.9 Å². The number of fused-ring (bicyclic) bond motifs is 2. The van der Waals surface area contributed by atoms with Crippen LogP contribution in [0, 0.1) is 0 Å². The zero-order chi connectivity index (χ0) is 23.1. The molecule has 0 atom stereocenters. The number of amides is 1. The van der Waals surface area contributed by atoms with E-state index in [4.69, 9.17) is 4.98 Å². The topological polar surface area (TPSA) is 105 Å². The minimum Gasteiger partial charge on any atom is -0.326 e. The Balaban J connectivity index is 1.46. The number of carbonyl (C=O) groups is 1. The van der Waals surface area contributed by atoms with Crippen LogP contribution in [-0.2, 0) is 11.2 Å². The second-order valence-corrected chi connectivity index (χ2v) is 8.14. The summed E-state index contributed by atoms with van der Waals surface area (Å²) in [6, 6.07) is 23.0. The summed E-state index contributed by atoms with van der Waals surface area (Å²) in [6.45, 7) is 0. The van der Waals surface area contributed by atoms with Crippen LogP contribution >= 0.6 is 0 Å². The number of aromatic amines is 1. The third kappa shape index (κ3) is 3.51. The van der Waals surface area contributed by atoms with E-state index >= 15 is 0 Å². The molecule has 0 saturated heterocycles. The van der Waals surface area contributed by atoms with Crippen LogP contribution in [0.2, 0.25) is 0 Å². The summed E-state index contributed by atoms with van der Waals surface area (Å²) in [5.74, 6) is 0.992. The first-order valence-electron chi connectivity index (χ1n) is 11.0. The van der Waals surface area contributed by atoms with E-state index in [0.717, 1.165) is 33.6 Å². The van der Waals surface area contributed by atoms with Crippen LogP contribution in [0.4, 0.5) is 17.3 Å². The molecule has 0 aliphatic carbocycles. The number of aryl methyl sites for hydroxylation is 1. The van der Waals surface area contributed by atoms with Crippen LogP contribution in [0.15, 0.2) is 83.8 Å². The predicted molar refractivity (Wildman–Crippen MR) is 132 cm³/mol. The summed E-state index contributed by atoms with van der Waals surface area (Å²) in [5.41, 5.74) is 4.99. The van der Waals surface area contributed by atoms with Gasteiger partial charge in [-0.3, -0.25) is 14.7 Å². The highest BCUT2D eigenvalue weighted by molar-refractivity contribution is 5.94. The first kappa shape index (κ1) is 19.9. The number of nitrogens with one attached hydrogen (secondary N) is 3. The van der Waals surface area contributed by atoms with Gasteiger partial charge in [0.25, 0.3) is 5.56 Å². The molecule has 8 heteroatoms. The molecule has 3 N–H and O–H groups in total. The van der Waals surface area contributed by atoms with Gasteiger partial charge in [-0.05, 0) is 47.9 Å². The number of hydrogen-bond donors (Lipinski definition) is 3. The van der Waals surface area contributed by atoms with Gasteiger partial charge in [0.1, 0.15) is 0 Å². The smallest absolute Gasteiger partial charge is 0.272 e. The first-order chi connectivity index (χ1) is 16.7. The Morgan fingerprint density at radius 2 is 1.74 bits per heavy atom. The summed E-state index contributed by atoms with van der Waals surface area (Å²) >= 11 is 0. The molecule has 1 aliphatic heterocycles. The third-order valence-corrected chi connectivity index (χ3v) is 5.93. The third-order valence-electron chi connectivity index (χ3n) is 5.93. The van der Waals surface area contributed by atoms with Crippen LogP contribution in [0.5, 0.6) is 0 Å². The predicted octanol–water partition coefficient (Wildman–Crippen LogP) is 4.40. The van der Waals surface area contributed by atoms with Crippen LogP contribution in [0.25, 0.3) is 27.8 Å². The highest BCUT2D eigenvalue weighted by Crippen LogP contribution is 2.29. The second-order valence-electron chi connectivity index (χ2n) is 8.14. The van der Waals surface area contributed by atoms with E-state index in [9.17, 15) is 9.59 Å². The highest BCUT2D eigenvalue weighted by atomic mass is 16.1. The van der Waals surface area contributed by atoms with Crippen molar-refractivity contribution in [2.45, 2.75) is 12.8 Å². The maximum absolute atomic E-state index is 12.6. The van der Waals surface area contributed by atoms with Gasteiger partial charge in [-0.15, -0.1) is 0 Å². The van der Waals surface area contributed by atoms with E-state index in [1.165, 1.54) is 0 Å². The molecule has 0 radical (unpaired) electrons. The molecule has 3 aromatic carbocycles. The Labute approximate surface area is 194 Å². The molecule has 6 rings (SSSR count). The number of nitrogens with zero attached hydrogens (tertiary/aromatic N) is 3. The fourth-order valence-electron chi connectivity index (χ4n) is 4.26. The molecule has 5 aromatic rings. The van der Waals surface area contributed by atoms with Crippen molar-refractivity contribution in [2.24, 2.45) is 0 Å². The Bertz CT molecular complexity index is 1600. The fourth-order valence-corrected chi connectivity index (χ4v) is 4.26. The summed E-state index contributed by atoms with van der Waals surface area (Å²) in [4.78, 5) is 33.6.